The fourth-order valence-corrected chi connectivity index (χ4v) is 1.69. The van der Waals surface area contributed by atoms with Gasteiger partial charge in [0, 0.05) is 11.6 Å². The molecular weight excluding hydrogens is 242 g/mol. The Kier molecular flexibility index (Phi) is 6.67. The van der Waals surface area contributed by atoms with Crippen molar-refractivity contribution in [2.45, 2.75) is 45.8 Å². The fourth-order valence-electron chi connectivity index (χ4n) is 1.69. The third kappa shape index (κ3) is 4.73. The number of rotatable bonds is 8. The van der Waals surface area contributed by atoms with Crippen LogP contribution >= 0.6 is 0 Å². The van der Waals surface area contributed by atoms with E-state index >= 15 is 0 Å². The zero-order valence-electron chi connectivity index (χ0n) is 12.1. The lowest BCUT2D eigenvalue weighted by molar-refractivity contribution is 0.147. The summed E-state index contributed by atoms with van der Waals surface area (Å²) in [6.45, 7) is 7.14. The van der Waals surface area contributed by atoms with E-state index in [-0.39, 0.29) is 6.04 Å². The van der Waals surface area contributed by atoms with Gasteiger partial charge in [-0.1, -0.05) is 13.8 Å². The van der Waals surface area contributed by atoms with Gasteiger partial charge in [-0.3, -0.25) is 0 Å². The van der Waals surface area contributed by atoms with Crippen LogP contribution in [-0.2, 0) is 0 Å². The first kappa shape index (κ1) is 15.8. The van der Waals surface area contributed by atoms with E-state index in [1.54, 1.807) is 6.92 Å². The maximum absolute atomic E-state index is 10.2. The van der Waals surface area contributed by atoms with Crippen LogP contribution in [0.2, 0.25) is 0 Å². The minimum absolute atomic E-state index is 0.356. The molecule has 0 amide bonds. The number of hydrogen-bond donors (Lipinski definition) is 2. The van der Waals surface area contributed by atoms with E-state index < -0.39 is 6.10 Å². The van der Waals surface area contributed by atoms with Gasteiger partial charge in [0.15, 0.2) is 0 Å². The average molecular weight is 267 g/mol. The van der Waals surface area contributed by atoms with Gasteiger partial charge in [0.05, 0.1) is 19.3 Å². The smallest absolute Gasteiger partial charge is 0.125 e. The molecule has 0 heterocycles. The Hall–Kier alpha value is -1.26. The Morgan fingerprint density at radius 3 is 2.37 bits per heavy atom. The number of benzene rings is 1. The molecule has 1 rings (SSSR count). The number of ether oxygens (including phenoxy) is 2. The van der Waals surface area contributed by atoms with Crippen LogP contribution in [0.25, 0.3) is 0 Å². The van der Waals surface area contributed by atoms with Gasteiger partial charge in [0.1, 0.15) is 11.5 Å². The van der Waals surface area contributed by atoms with Crippen LogP contribution < -0.4 is 15.2 Å². The second-order valence-electron chi connectivity index (χ2n) is 4.70. The van der Waals surface area contributed by atoms with E-state index in [1.807, 2.05) is 25.1 Å². The molecule has 0 saturated heterocycles. The zero-order chi connectivity index (χ0) is 14.3. The molecule has 0 saturated carbocycles. The molecule has 1 aromatic rings. The second-order valence-corrected chi connectivity index (χ2v) is 4.70. The standard InChI is InChI=1S/C15H25NO3/c1-4-8-18-12-6-7-14(19-9-5-2)13(10-12)15(17)11(3)16/h6-7,10-11,15,17H,4-5,8-9,16H2,1-3H3. The summed E-state index contributed by atoms with van der Waals surface area (Å²) in [5.74, 6) is 1.41. The highest BCUT2D eigenvalue weighted by molar-refractivity contribution is 5.42. The number of hydrogen-bond acceptors (Lipinski definition) is 4. The van der Waals surface area contributed by atoms with Crippen molar-refractivity contribution in [3.63, 3.8) is 0 Å². The molecule has 0 aliphatic heterocycles. The van der Waals surface area contributed by atoms with Crippen molar-refractivity contribution in [2.24, 2.45) is 5.73 Å². The Morgan fingerprint density at radius 2 is 1.79 bits per heavy atom. The summed E-state index contributed by atoms with van der Waals surface area (Å²) in [4.78, 5) is 0. The van der Waals surface area contributed by atoms with Gasteiger partial charge in [0.2, 0.25) is 0 Å². The predicted molar refractivity (Wildman–Crippen MR) is 76.6 cm³/mol. The number of aliphatic hydroxyl groups excluding tert-OH is 1. The molecule has 0 radical (unpaired) electrons. The molecule has 4 heteroatoms. The molecule has 19 heavy (non-hydrogen) atoms. The summed E-state index contributed by atoms with van der Waals surface area (Å²) < 4.78 is 11.2. The Labute approximate surface area is 115 Å². The summed E-state index contributed by atoms with van der Waals surface area (Å²) >= 11 is 0. The minimum atomic E-state index is -0.753. The van der Waals surface area contributed by atoms with E-state index in [1.165, 1.54) is 0 Å². The Morgan fingerprint density at radius 1 is 1.16 bits per heavy atom. The highest BCUT2D eigenvalue weighted by Crippen LogP contribution is 2.31. The van der Waals surface area contributed by atoms with Gasteiger partial charge in [-0.05, 0) is 38.0 Å². The van der Waals surface area contributed by atoms with E-state index in [4.69, 9.17) is 15.2 Å². The minimum Gasteiger partial charge on any atom is -0.494 e. The van der Waals surface area contributed by atoms with Crippen LogP contribution in [0.1, 0.15) is 45.3 Å². The average Bonchev–Trinajstić information content (AvgIpc) is 2.42. The van der Waals surface area contributed by atoms with Crippen LogP contribution in [0.3, 0.4) is 0 Å². The number of nitrogens with two attached hydrogens (primary N) is 1. The molecule has 2 atom stereocenters. The molecule has 0 aliphatic rings. The quantitative estimate of drug-likeness (QED) is 0.760. The molecule has 0 spiro atoms. The SMILES string of the molecule is CCCOc1ccc(OCCC)c(C(O)C(C)N)c1. The van der Waals surface area contributed by atoms with Crippen LogP contribution in [0, 0.1) is 0 Å². The molecular formula is C15H25NO3. The van der Waals surface area contributed by atoms with E-state index in [2.05, 4.69) is 6.92 Å². The lowest BCUT2D eigenvalue weighted by Gasteiger charge is -2.20. The molecule has 0 bridgehead atoms. The molecule has 0 aromatic heterocycles. The van der Waals surface area contributed by atoms with Gasteiger partial charge >= 0.3 is 0 Å². The lowest BCUT2D eigenvalue weighted by Crippen LogP contribution is -2.25. The Bertz CT molecular complexity index is 380. The van der Waals surface area contributed by atoms with Crippen molar-refractivity contribution in [2.75, 3.05) is 13.2 Å². The molecule has 108 valence electrons. The van der Waals surface area contributed by atoms with Gasteiger partial charge in [-0.2, -0.15) is 0 Å². The summed E-state index contributed by atoms with van der Waals surface area (Å²) in [5, 5.41) is 10.2. The lowest BCUT2D eigenvalue weighted by atomic mass is 10.0. The van der Waals surface area contributed by atoms with Crippen molar-refractivity contribution in [1.82, 2.24) is 0 Å². The van der Waals surface area contributed by atoms with E-state index in [0.717, 1.165) is 18.6 Å². The third-order valence-electron chi connectivity index (χ3n) is 2.73. The van der Waals surface area contributed by atoms with Crippen LogP contribution in [-0.4, -0.2) is 24.4 Å². The summed E-state index contributed by atoms with van der Waals surface area (Å²) in [5.41, 5.74) is 6.46. The van der Waals surface area contributed by atoms with E-state index in [9.17, 15) is 5.11 Å². The molecule has 0 fully saturated rings. The second kappa shape index (κ2) is 8.02. The highest BCUT2D eigenvalue weighted by Gasteiger charge is 2.18. The van der Waals surface area contributed by atoms with Crippen LogP contribution in [0.4, 0.5) is 0 Å². The van der Waals surface area contributed by atoms with Crippen LogP contribution in [0.5, 0.6) is 11.5 Å². The monoisotopic (exact) mass is 267 g/mol. The van der Waals surface area contributed by atoms with Crippen molar-refractivity contribution in [1.29, 1.82) is 0 Å². The molecule has 3 N–H and O–H groups in total. The van der Waals surface area contributed by atoms with Crippen LogP contribution in [0.15, 0.2) is 18.2 Å². The Balaban J connectivity index is 2.96. The maximum Gasteiger partial charge on any atom is 0.125 e. The largest absolute Gasteiger partial charge is 0.494 e. The first-order valence-corrected chi connectivity index (χ1v) is 6.93. The van der Waals surface area contributed by atoms with Gasteiger partial charge < -0.3 is 20.3 Å². The summed E-state index contributed by atoms with van der Waals surface area (Å²) in [6, 6.07) is 5.15. The maximum atomic E-state index is 10.2. The first-order valence-electron chi connectivity index (χ1n) is 6.93. The fraction of sp³-hybridized carbons (Fsp3) is 0.600. The van der Waals surface area contributed by atoms with Crippen molar-refractivity contribution in [3.8, 4) is 11.5 Å². The topological polar surface area (TPSA) is 64.7 Å². The normalized spacial score (nSPS) is 13.9. The molecule has 0 aliphatic carbocycles. The van der Waals surface area contributed by atoms with E-state index in [0.29, 0.717) is 24.5 Å². The zero-order valence-corrected chi connectivity index (χ0v) is 12.1. The highest BCUT2D eigenvalue weighted by atomic mass is 16.5. The van der Waals surface area contributed by atoms with Crippen molar-refractivity contribution in [3.05, 3.63) is 23.8 Å². The first-order chi connectivity index (χ1) is 9.10. The molecule has 1 aromatic carbocycles. The molecule has 2 unspecified atom stereocenters. The summed E-state index contributed by atoms with van der Waals surface area (Å²) in [7, 11) is 0. The third-order valence-corrected chi connectivity index (χ3v) is 2.73. The summed E-state index contributed by atoms with van der Waals surface area (Å²) in [6.07, 6.45) is 1.11. The van der Waals surface area contributed by atoms with Crippen molar-refractivity contribution >= 4 is 0 Å². The van der Waals surface area contributed by atoms with Crippen molar-refractivity contribution < 1.29 is 14.6 Å². The van der Waals surface area contributed by atoms with Gasteiger partial charge in [0.25, 0.3) is 0 Å². The predicted octanol–water partition coefficient (Wildman–Crippen LogP) is 2.64. The van der Waals surface area contributed by atoms with Gasteiger partial charge in [-0.15, -0.1) is 0 Å². The number of aliphatic hydroxyl groups is 1. The molecule has 4 nitrogen and oxygen atoms in total. The van der Waals surface area contributed by atoms with Gasteiger partial charge in [-0.25, -0.2) is 0 Å².